The SMILES string of the molecule is C=CC.CC=O.CCCN(C(=O)Cc1ccc(C(N)=O)cc1)C1CCNCC1. The van der Waals surface area contributed by atoms with E-state index < -0.39 is 5.91 Å². The summed E-state index contributed by atoms with van der Waals surface area (Å²) < 4.78 is 0. The van der Waals surface area contributed by atoms with E-state index in [0.29, 0.717) is 18.0 Å². The van der Waals surface area contributed by atoms with E-state index in [9.17, 15) is 9.59 Å². The van der Waals surface area contributed by atoms with Gasteiger partial charge in [-0.25, -0.2) is 0 Å². The number of carbonyl (C=O) groups excluding carboxylic acids is 3. The minimum absolute atomic E-state index is 0.167. The fourth-order valence-electron chi connectivity index (χ4n) is 2.93. The molecule has 156 valence electrons. The van der Waals surface area contributed by atoms with Crippen LogP contribution < -0.4 is 11.1 Å². The standard InChI is InChI=1S/C17H25N3O2.C3H6.C2H4O/c1-2-11-20(15-7-9-19-10-8-15)16(21)12-13-3-5-14(6-4-13)17(18)22;1-3-2;1-2-3/h3-6,15,19H,2,7-12H2,1H3,(H2,18,22);3H,1H2,2H3;2H,1H3. The third-order valence-electron chi connectivity index (χ3n) is 4.13. The molecular weight excluding hydrogens is 354 g/mol. The van der Waals surface area contributed by atoms with Gasteiger partial charge in [0.05, 0.1) is 6.42 Å². The van der Waals surface area contributed by atoms with Gasteiger partial charge in [-0.15, -0.1) is 6.58 Å². The Morgan fingerprint density at radius 2 is 1.71 bits per heavy atom. The summed E-state index contributed by atoms with van der Waals surface area (Å²) in [6.45, 7) is 11.6. The third kappa shape index (κ3) is 10.0. The molecule has 1 saturated heterocycles. The van der Waals surface area contributed by atoms with Crippen LogP contribution in [-0.2, 0) is 16.0 Å². The van der Waals surface area contributed by atoms with Crippen molar-refractivity contribution in [3.63, 3.8) is 0 Å². The topological polar surface area (TPSA) is 92.5 Å². The lowest BCUT2D eigenvalue weighted by molar-refractivity contribution is -0.133. The number of allylic oxidation sites excluding steroid dienone is 1. The summed E-state index contributed by atoms with van der Waals surface area (Å²) in [5.74, 6) is -0.277. The molecular formula is C22H35N3O3. The molecule has 0 unspecified atom stereocenters. The van der Waals surface area contributed by atoms with E-state index >= 15 is 0 Å². The molecule has 0 radical (unpaired) electrons. The van der Waals surface area contributed by atoms with Crippen LogP contribution in [0.4, 0.5) is 0 Å². The van der Waals surface area contributed by atoms with Crippen molar-refractivity contribution in [2.45, 2.75) is 52.5 Å². The molecule has 0 saturated carbocycles. The smallest absolute Gasteiger partial charge is 0.248 e. The van der Waals surface area contributed by atoms with Crippen LogP contribution in [0.15, 0.2) is 36.9 Å². The predicted octanol–water partition coefficient (Wildman–Crippen LogP) is 2.72. The number of aldehydes is 1. The Kier molecular flexibility index (Phi) is 14.2. The Balaban J connectivity index is 0.00000108. The molecule has 6 nitrogen and oxygen atoms in total. The van der Waals surface area contributed by atoms with Gasteiger partial charge in [0.2, 0.25) is 11.8 Å². The van der Waals surface area contributed by atoms with Gasteiger partial charge >= 0.3 is 0 Å². The minimum Gasteiger partial charge on any atom is -0.366 e. The van der Waals surface area contributed by atoms with E-state index in [1.807, 2.05) is 24.0 Å². The maximum Gasteiger partial charge on any atom is 0.248 e. The van der Waals surface area contributed by atoms with Gasteiger partial charge in [0, 0.05) is 18.2 Å². The van der Waals surface area contributed by atoms with Gasteiger partial charge in [-0.1, -0.05) is 25.1 Å². The maximum atomic E-state index is 12.6. The van der Waals surface area contributed by atoms with E-state index in [1.54, 1.807) is 18.2 Å². The van der Waals surface area contributed by atoms with Crippen molar-refractivity contribution in [1.82, 2.24) is 10.2 Å². The highest BCUT2D eigenvalue weighted by Crippen LogP contribution is 2.15. The lowest BCUT2D eigenvalue weighted by atomic mass is 10.0. The van der Waals surface area contributed by atoms with Crippen molar-refractivity contribution < 1.29 is 14.4 Å². The Morgan fingerprint density at radius 3 is 2.14 bits per heavy atom. The van der Waals surface area contributed by atoms with Gasteiger partial charge in [0.15, 0.2) is 0 Å². The average molecular weight is 390 g/mol. The van der Waals surface area contributed by atoms with Gasteiger partial charge in [-0.05, 0) is 63.9 Å². The summed E-state index contributed by atoms with van der Waals surface area (Å²) in [5, 5.41) is 3.34. The second kappa shape index (κ2) is 15.6. The summed E-state index contributed by atoms with van der Waals surface area (Å²) in [5.41, 5.74) is 6.62. The van der Waals surface area contributed by atoms with Gasteiger partial charge in [-0.3, -0.25) is 9.59 Å². The number of benzene rings is 1. The number of primary amides is 1. The third-order valence-corrected chi connectivity index (χ3v) is 4.13. The number of hydrogen-bond acceptors (Lipinski definition) is 4. The van der Waals surface area contributed by atoms with Gasteiger partial charge < -0.3 is 20.7 Å². The maximum absolute atomic E-state index is 12.6. The molecule has 1 aromatic carbocycles. The molecule has 3 N–H and O–H groups in total. The largest absolute Gasteiger partial charge is 0.366 e. The second-order valence-electron chi connectivity index (χ2n) is 6.45. The first-order valence-electron chi connectivity index (χ1n) is 9.80. The molecule has 2 rings (SSSR count). The van der Waals surface area contributed by atoms with E-state index in [2.05, 4.69) is 18.8 Å². The van der Waals surface area contributed by atoms with Crippen LogP contribution >= 0.6 is 0 Å². The van der Waals surface area contributed by atoms with E-state index in [1.165, 1.54) is 6.92 Å². The summed E-state index contributed by atoms with van der Waals surface area (Å²) in [6, 6.07) is 7.33. The fourth-order valence-corrected chi connectivity index (χ4v) is 2.93. The molecule has 0 spiro atoms. The molecule has 1 aromatic rings. The van der Waals surface area contributed by atoms with Crippen LogP contribution in [0.25, 0.3) is 0 Å². The number of carbonyl (C=O) groups is 3. The number of piperidine rings is 1. The summed E-state index contributed by atoms with van der Waals surface area (Å²) in [4.78, 5) is 34.5. The monoisotopic (exact) mass is 389 g/mol. The van der Waals surface area contributed by atoms with Crippen molar-refractivity contribution >= 4 is 18.1 Å². The zero-order valence-corrected chi connectivity index (χ0v) is 17.4. The normalized spacial score (nSPS) is 13.1. The van der Waals surface area contributed by atoms with Gasteiger partial charge in [0.25, 0.3) is 0 Å². The highest BCUT2D eigenvalue weighted by Gasteiger charge is 2.24. The van der Waals surface area contributed by atoms with Crippen LogP contribution in [0, 0.1) is 0 Å². The van der Waals surface area contributed by atoms with E-state index in [0.717, 1.165) is 50.7 Å². The Bertz CT molecular complexity index is 588. The van der Waals surface area contributed by atoms with Crippen molar-refractivity contribution in [1.29, 1.82) is 0 Å². The first kappa shape index (κ1) is 25.5. The van der Waals surface area contributed by atoms with Gasteiger partial charge in [-0.2, -0.15) is 0 Å². The summed E-state index contributed by atoms with van der Waals surface area (Å²) in [7, 11) is 0. The number of nitrogens with zero attached hydrogens (tertiary/aromatic N) is 1. The quantitative estimate of drug-likeness (QED) is 0.578. The second-order valence-corrected chi connectivity index (χ2v) is 6.45. The number of nitrogens with one attached hydrogen (secondary N) is 1. The van der Waals surface area contributed by atoms with E-state index in [4.69, 9.17) is 10.5 Å². The van der Waals surface area contributed by atoms with Gasteiger partial charge in [0.1, 0.15) is 6.29 Å². The predicted molar refractivity (Wildman–Crippen MR) is 114 cm³/mol. The molecule has 0 aromatic heterocycles. The molecule has 28 heavy (non-hydrogen) atoms. The zero-order chi connectivity index (χ0) is 21.4. The van der Waals surface area contributed by atoms with Crippen LogP contribution in [0.1, 0.15) is 56.0 Å². The van der Waals surface area contributed by atoms with Crippen molar-refractivity contribution in [3.8, 4) is 0 Å². The Hall–Kier alpha value is -2.47. The van der Waals surface area contributed by atoms with Crippen LogP contribution in [0.2, 0.25) is 0 Å². The molecule has 1 fully saturated rings. The lowest BCUT2D eigenvalue weighted by Crippen LogP contribution is -2.47. The Morgan fingerprint density at radius 1 is 1.21 bits per heavy atom. The van der Waals surface area contributed by atoms with Crippen LogP contribution in [-0.4, -0.2) is 48.7 Å². The fraction of sp³-hybridized carbons (Fsp3) is 0.500. The molecule has 0 aliphatic carbocycles. The first-order chi connectivity index (χ1) is 13.4. The number of rotatable bonds is 6. The highest BCUT2D eigenvalue weighted by atomic mass is 16.2. The van der Waals surface area contributed by atoms with Crippen LogP contribution in [0.3, 0.4) is 0 Å². The number of hydrogen-bond donors (Lipinski definition) is 2. The first-order valence-corrected chi connectivity index (χ1v) is 9.80. The molecule has 1 heterocycles. The van der Waals surface area contributed by atoms with E-state index in [-0.39, 0.29) is 5.91 Å². The van der Waals surface area contributed by atoms with Crippen molar-refractivity contribution in [3.05, 3.63) is 48.0 Å². The summed E-state index contributed by atoms with van der Waals surface area (Å²) in [6.07, 6.45) is 5.89. The Labute approximate surface area is 169 Å². The van der Waals surface area contributed by atoms with Crippen molar-refractivity contribution in [2.75, 3.05) is 19.6 Å². The lowest BCUT2D eigenvalue weighted by Gasteiger charge is -2.34. The van der Waals surface area contributed by atoms with Crippen molar-refractivity contribution in [2.24, 2.45) is 5.73 Å². The molecule has 1 aliphatic heterocycles. The number of amides is 2. The zero-order valence-electron chi connectivity index (χ0n) is 17.4. The highest BCUT2D eigenvalue weighted by molar-refractivity contribution is 5.92. The molecule has 2 amide bonds. The summed E-state index contributed by atoms with van der Waals surface area (Å²) >= 11 is 0. The van der Waals surface area contributed by atoms with Crippen LogP contribution in [0.5, 0.6) is 0 Å². The molecule has 0 atom stereocenters. The average Bonchev–Trinajstić information content (AvgIpc) is 2.68. The molecule has 6 heteroatoms. The molecule has 1 aliphatic rings. The number of nitrogens with two attached hydrogens (primary N) is 1. The molecule has 0 bridgehead atoms. The minimum atomic E-state index is -0.444.